The van der Waals surface area contributed by atoms with Gasteiger partial charge in [0, 0.05) is 22.5 Å². The van der Waals surface area contributed by atoms with Gasteiger partial charge in [0.05, 0.1) is 0 Å². The van der Waals surface area contributed by atoms with Crippen LogP contribution in [0.1, 0.15) is 26.3 Å². The zero-order chi connectivity index (χ0) is 13.8. The lowest BCUT2D eigenvalue weighted by Crippen LogP contribution is -2.36. The Morgan fingerprint density at radius 2 is 2.17 bits per heavy atom. The van der Waals surface area contributed by atoms with Crippen LogP contribution in [0.25, 0.3) is 0 Å². The lowest BCUT2D eigenvalue weighted by molar-refractivity contribution is 0.368. The summed E-state index contributed by atoms with van der Waals surface area (Å²) in [5, 5.41) is 3.39. The average molecular weight is 314 g/mol. The SMILES string of the molecule is C=CC(C)(CNC(C)C)Cc1ccc(Br)cc1F. The van der Waals surface area contributed by atoms with Gasteiger partial charge in [-0.1, -0.05) is 48.8 Å². The molecule has 0 aliphatic carbocycles. The summed E-state index contributed by atoms with van der Waals surface area (Å²) in [5.74, 6) is -0.165. The zero-order valence-electron chi connectivity index (χ0n) is 11.3. The second kappa shape index (κ2) is 6.48. The fraction of sp³-hybridized carbons (Fsp3) is 0.467. The van der Waals surface area contributed by atoms with E-state index in [4.69, 9.17) is 0 Å². The van der Waals surface area contributed by atoms with Crippen LogP contribution in [-0.2, 0) is 6.42 Å². The molecule has 1 N–H and O–H groups in total. The molecule has 0 aliphatic rings. The van der Waals surface area contributed by atoms with Crippen molar-refractivity contribution in [2.24, 2.45) is 5.41 Å². The Morgan fingerprint density at radius 1 is 1.50 bits per heavy atom. The predicted octanol–water partition coefficient (Wildman–Crippen LogP) is 4.32. The summed E-state index contributed by atoms with van der Waals surface area (Å²) in [7, 11) is 0. The fourth-order valence-electron chi connectivity index (χ4n) is 1.74. The van der Waals surface area contributed by atoms with Crippen LogP contribution in [0.4, 0.5) is 4.39 Å². The summed E-state index contributed by atoms with van der Waals surface area (Å²) in [6, 6.07) is 5.63. The molecule has 3 heteroatoms. The Hall–Kier alpha value is -0.670. The second-order valence-electron chi connectivity index (χ2n) is 5.31. The molecule has 18 heavy (non-hydrogen) atoms. The van der Waals surface area contributed by atoms with Crippen molar-refractivity contribution in [2.45, 2.75) is 33.2 Å². The standard InChI is InChI=1S/C15H21BrFN/c1-5-15(4,10-18-11(2)3)9-12-6-7-13(16)8-14(12)17/h5-8,11,18H,1,9-10H2,2-4H3. The second-order valence-corrected chi connectivity index (χ2v) is 6.22. The van der Waals surface area contributed by atoms with Crippen LogP contribution >= 0.6 is 15.9 Å². The molecule has 100 valence electrons. The molecule has 0 aromatic heterocycles. The van der Waals surface area contributed by atoms with Crippen molar-refractivity contribution in [1.29, 1.82) is 0 Å². The molecule has 1 unspecified atom stereocenters. The van der Waals surface area contributed by atoms with Crippen molar-refractivity contribution in [3.05, 3.63) is 46.7 Å². The molecule has 0 radical (unpaired) electrons. The minimum absolute atomic E-state index is 0.140. The van der Waals surface area contributed by atoms with Gasteiger partial charge in [-0.2, -0.15) is 0 Å². The van der Waals surface area contributed by atoms with Crippen LogP contribution < -0.4 is 5.32 Å². The summed E-state index contributed by atoms with van der Waals surface area (Å²) in [4.78, 5) is 0. The molecule has 0 heterocycles. The van der Waals surface area contributed by atoms with Crippen molar-refractivity contribution in [3.8, 4) is 0 Å². The van der Waals surface area contributed by atoms with Crippen LogP contribution in [0, 0.1) is 11.2 Å². The van der Waals surface area contributed by atoms with Gasteiger partial charge in [0.25, 0.3) is 0 Å². The lowest BCUT2D eigenvalue weighted by Gasteiger charge is -2.27. The van der Waals surface area contributed by atoms with E-state index in [0.717, 1.165) is 16.6 Å². The average Bonchev–Trinajstić information content (AvgIpc) is 2.30. The Bertz CT molecular complexity index is 417. The first-order valence-electron chi connectivity index (χ1n) is 6.17. The lowest BCUT2D eigenvalue weighted by atomic mass is 9.83. The molecule has 1 rings (SSSR count). The molecule has 1 nitrogen and oxygen atoms in total. The summed E-state index contributed by atoms with van der Waals surface area (Å²) < 4.78 is 14.6. The first-order valence-corrected chi connectivity index (χ1v) is 6.96. The minimum atomic E-state index is -0.165. The van der Waals surface area contributed by atoms with E-state index in [0.29, 0.717) is 12.5 Å². The van der Waals surface area contributed by atoms with Crippen molar-refractivity contribution in [2.75, 3.05) is 6.54 Å². The van der Waals surface area contributed by atoms with Crippen molar-refractivity contribution < 1.29 is 4.39 Å². The maximum absolute atomic E-state index is 13.8. The summed E-state index contributed by atoms with van der Waals surface area (Å²) >= 11 is 3.27. The molecule has 0 saturated heterocycles. The third-order valence-electron chi connectivity index (χ3n) is 3.02. The van der Waals surface area contributed by atoms with Gasteiger partial charge in [-0.05, 0) is 24.1 Å². The van der Waals surface area contributed by atoms with Crippen LogP contribution in [0.5, 0.6) is 0 Å². The maximum Gasteiger partial charge on any atom is 0.127 e. The number of nitrogens with one attached hydrogen (secondary N) is 1. The van der Waals surface area contributed by atoms with E-state index in [9.17, 15) is 4.39 Å². The van der Waals surface area contributed by atoms with Gasteiger partial charge in [-0.3, -0.25) is 0 Å². The van der Waals surface area contributed by atoms with Gasteiger partial charge in [0.15, 0.2) is 0 Å². The van der Waals surface area contributed by atoms with Crippen molar-refractivity contribution in [1.82, 2.24) is 5.32 Å². The Morgan fingerprint density at radius 3 is 2.67 bits per heavy atom. The topological polar surface area (TPSA) is 12.0 Å². The smallest absolute Gasteiger partial charge is 0.127 e. The van der Waals surface area contributed by atoms with Gasteiger partial charge < -0.3 is 5.32 Å². The molecule has 1 aromatic carbocycles. The highest BCUT2D eigenvalue weighted by molar-refractivity contribution is 9.10. The summed E-state index contributed by atoms with van der Waals surface area (Å²) in [5.41, 5.74) is 0.588. The largest absolute Gasteiger partial charge is 0.314 e. The van der Waals surface area contributed by atoms with Gasteiger partial charge >= 0.3 is 0 Å². The van der Waals surface area contributed by atoms with Crippen LogP contribution in [0.2, 0.25) is 0 Å². The summed E-state index contributed by atoms with van der Waals surface area (Å²) in [6.45, 7) is 11.0. The molecule has 1 atom stereocenters. The first-order chi connectivity index (χ1) is 8.36. The molecular weight excluding hydrogens is 293 g/mol. The molecule has 0 bridgehead atoms. The molecule has 1 aromatic rings. The van der Waals surface area contributed by atoms with Gasteiger partial charge in [-0.15, -0.1) is 6.58 Å². The molecular formula is C15H21BrFN. The zero-order valence-corrected chi connectivity index (χ0v) is 12.8. The number of rotatable bonds is 6. The summed E-state index contributed by atoms with van der Waals surface area (Å²) in [6.07, 6.45) is 2.55. The highest BCUT2D eigenvalue weighted by Crippen LogP contribution is 2.26. The Kier molecular flexibility index (Phi) is 5.54. The monoisotopic (exact) mass is 313 g/mol. The minimum Gasteiger partial charge on any atom is -0.314 e. The first kappa shape index (κ1) is 15.4. The van der Waals surface area contributed by atoms with E-state index < -0.39 is 0 Å². The quantitative estimate of drug-likeness (QED) is 0.771. The van der Waals surface area contributed by atoms with E-state index in [1.807, 2.05) is 18.2 Å². The Balaban J connectivity index is 2.81. The van der Waals surface area contributed by atoms with E-state index in [-0.39, 0.29) is 11.2 Å². The normalized spacial score (nSPS) is 14.6. The van der Waals surface area contributed by atoms with E-state index in [1.54, 1.807) is 0 Å². The molecule has 0 saturated carbocycles. The van der Waals surface area contributed by atoms with E-state index in [2.05, 4.69) is 48.6 Å². The van der Waals surface area contributed by atoms with Crippen molar-refractivity contribution >= 4 is 15.9 Å². The maximum atomic E-state index is 13.8. The Labute approximate surface area is 118 Å². The van der Waals surface area contributed by atoms with Crippen LogP contribution in [0.3, 0.4) is 0 Å². The van der Waals surface area contributed by atoms with E-state index in [1.165, 1.54) is 6.07 Å². The number of hydrogen-bond acceptors (Lipinski definition) is 1. The molecule has 0 fully saturated rings. The molecule has 0 spiro atoms. The third kappa shape index (κ3) is 4.54. The number of benzene rings is 1. The number of halogens is 2. The molecule has 0 amide bonds. The van der Waals surface area contributed by atoms with E-state index >= 15 is 0 Å². The highest BCUT2D eigenvalue weighted by atomic mass is 79.9. The van der Waals surface area contributed by atoms with Crippen LogP contribution in [-0.4, -0.2) is 12.6 Å². The fourth-order valence-corrected chi connectivity index (χ4v) is 2.08. The predicted molar refractivity (Wildman–Crippen MR) is 79.2 cm³/mol. The van der Waals surface area contributed by atoms with Gasteiger partial charge in [0.2, 0.25) is 0 Å². The third-order valence-corrected chi connectivity index (χ3v) is 3.51. The van der Waals surface area contributed by atoms with Gasteiger partial charge in [-0.25, -0.2) is 4.39 Å². The van der Waals surface area contributed by atoms with Crippen LogP contribution in [0.15, 0.2) is 35.3 Å². The number of hydrogen-bond donors (Lipinski definition) is 1. The van der Waals surface area contributed by atoms with Gasteiger partial charge in [0.1, 0.15) is 5.82 Å². The molecule has 0 aliphatic heterocycles. The highest BCUT2D eigenvalue weighted by Gasteiger charge is 2.22. The van der Waals surface area contributed by atoms with Crippen molar-refractivity contribution in [3.63, 3.8) is 0 Å².